The van der Waals surface area contributed by atoms with E-state index in [4.69, 9.17) is 0 Å². The molecule has 0 amide bonds. The number of aryl methyl sites for hydroxylation is 3. The summed E-state index contributed by atoms with van der Waals surface area (Å²) in [7, 11) is 0. The van der Waals surface area contributed by atoms with E-state index in [1.54, 1.807) is 10.9 Å². The van der Waals surface area contributed by atoms with Crippen molar-refractivity contribution < 1.29 is 21.5 Å². The molecule has 0 spiro atoms. The van der Waals surface area contributed by atoms with E-state index in [0.29, 0.717) is 11.9 Å². The maximum Gasteiger partial charge on any atom is 0.261 e. The molecule has 3 rings (SSSR count). The maximum absolute atomic E-state index is 12.4. The Bertz CT molecular complexity index is 799. The molecule has 0 radical (unpaired) electrons. The van der Waals surface area contributed by atoms with Gasteiger partial charge in [-0.15, -0.1) is 0 Å². The van der Waals surface area contributed by atoms with Gasteiger partial charge < -0.3 is 17.0 Å². The topological polar surface area (TPSA) is 38.8 Å². The highest BCUT2D eigenvalue weighted by molar-refractivity contribution is 5.80. The average Bonchev–Trinajstić information content (AvgIpc) is 2.48. The fraction of sp³-hybridized carbons (Fsp3) is 0.188. The number of fused-ring (bicyclic) bond motifs is 1. The molecule has 0 fully saturated rings. The molecule has 0 bridgehead atoms. The molecule has 4 nitrogen and oxygen atoms in total. The van der Waals surface area contributed by atoms with Crippen molar-refractivity contribution in [2.24, 2.45) is 0 Å². The van der Waals surface area contributed by atoms with Gasteiger partial charge in [0.1, 0.15) is 0 Å². The van der Waals surface area contributed by atoms with Crippen LogP contribution in [0.1, 0.15) is 5.56 Å². The van der Waals surface area contributed by atoms with Crippen LogP contribution < -0.4 is 27.1 Å². The molecular weight excluding hydrogens is 330 g/mol. The Balaban J connectivity index is 0.00000161. The van der Waals surface area contributed by atoms with Crippen LogP contribution in [0.15, 0.2) is 59.9 Å². The molecule has 2 aromatic heterocycles. The number of hydrogen-bond donors (Lipinski definition) is 0. The number of nitrogens with zero attached hydrogens (tertiary/aromatic N) is 3. The van der Waals surface area contributed by atoms with Gasteiger partial charge >= 0.3 is 0 Å². The number of pyridine rings is 1. The lowest BCUT2D eigenvalue weighted by molar-refractivity contribution is -0.698. The Kier molecular flexibility index (Phi) is 4.85. The SMILES string of the molecule is Cc1cccc2c(=O)n(CC[n+]3ccccc3)cnc12.[Br-]. The van der Waals surface area contributed by atoms with Crippen molar-refractivity contribution in [1.29, 1.82) is 0 Å². The van der Waals surface area contributed by atoms with Gasteiger partial charge in [-0.25, -0.2) is 9.55 Å². The van der Waals surface area contributed by atoms with E-state index in [1.807, 2.05) is 60.3 Å². The van der Waals surface area contributed by atoms with Crippen molar-refractivity contribution in [3.8, 4) is 0 Å². The smallest absolute Gasteiger partial charge is 0.261 e. The summed E-state index contributed by atoms with van der Waals surface area (Å²) in [5.74, 6) is 0. The average molecular weight is 346 g/mol. The minimum Gasteiger partial charge on any atom is -1.00 e. The minimum absolute atomic E-state index is 0. The second kappa shape index (κ2) is 6.63. The molecule has 0 N–H and O–H groups in total. The third kappa shape index (κ3) is 3.19. The Morgan fingerprint density at radius 1 is 1.14 bits per heavy atom. The van der Waals surface area contributed by atoms with E-state index in [1.165, 1.54) is 0 Å². The van der Waals surface area contributed by atoms with E-state index in [-0.39, 0.29) is 22.5 Å². The molecule has 0 atom stereocenters. The second-order valence-corrected chi connectivity index (χ2v) is 4.83. The zero-order valence-electron chi connectivity index (χ0n) is 11.7. The second-order valence-electron chi connectivity index (χ2n) is 4.83. The number of rotatable bonds is 3. The van der Waals surface area contributed by atoms with Crippen molar-refractivity contribution in [2.75, 3.05) is 0 Å². The maximum atomic E-state index is 12.4. The van der Waals surface area contributed by atoms with Crippen LogP contribution in [0.5, 0.6) is 0 Å². The quantitative estimate of drug-likeness (QED) is 0.553. The van der Waals surface area contributed by atoms with Crippen LogP contribution >= 0.6 is 0 Å². The van der Waals surface area contributed by atoms with Crippen LogP contribution in [-0.2, 0) is 13.1 Å². The van der Waals surface area contributed by atoms with E-state index in [9.17, 15) is 4.79 Å². The Hall–Kier alpha value is -2.01. The van der Waals surface area contributed by atoms with Crippen molar-refractivity contribution in [3.05, 3.63) is 71.0 Å². The summed E-state index contributed by atoms with van der Waals surface area (Å²) in [6.45, 7) is 3.34. The third-order valence-corrected chi connectivity index (χ3v) is 3.43. The monoisotopic (exact) mass is 345 g/mol. The molecule has 0 saturated heterocycles. The van der Waals surface area contributed by atoms with Gasteiger partial charge in [-0.3, -0.25) is 9.36 Å². The van der Waals surface area contributed by atoms with E-state index < -0.39 is 0 Å². The molecule has 5 heteroatoms. The molecule has 108 valence electrons. The summed E-state index contributed by atoms with van der Waals surface area (Å²) >= 11 is 0. The fourth-order valence-electron chi connectivity index (χ4n) is 2.30. The number of halogens is 1. The lowest BCUT2D eigenvalue weighted by atomic mass is 10.1. The van der Waals surface area contributed by atoms with E-state index >= 15 is 0 Å². The predicted molar refractivity (Wildman–Crippen MR) is 77.4 cm³/mol. The van der Waals surface area contributed by atoms with Crippen LogP contribution in [0, 0.1) is 6.92 Å². The molecule has 0 aliphatic rings. The largest absolute Gasteiger partial charge is 1.00 e. The van der Waals surface area contributed by atoms with Gasteiger partial charge in [0.15, 0.2) is 18.9 Å². The number of hydrogen-bond acceptors (Lipinski definition) is 2. The predicted octanol–water partition coefficient (Wildman–Crippen LogP) is -1.30. The fourth-order valence-corrected chi connectivity index (χ4v) is 2.30. The van der Waals surface area contributed by atoms with Crippen LogP contribution in [0.4, 0.5) is 0 Å². The summed E-state index contributed by atoms with van der Waals surface area (Å²) in [6, 6.07) is 11.6. The van der Waals surface area contributed by atoms with Crippen molar-refractivity contribution >= 4 is 10.9 Å². The molecule has 0 saturated carbocycles. The van der Waals surface area contributed by atoms with Crippen LogP contribution in [-0.4, -0.2) is 9.55 Å². The first-order valence-corrected chi connectivity index (χ1v) is 6.64. The molecule has 21 heavy (non-hydrogen) atoms. The van der Waals surface area contributed by atoms with Gasteiger partial charge in [-0.2, -0.15) is 0 Å². The van der Waals surface area contributed by atoms with Gasteiger partial charge in [0.2, 0.25) is 0 Å². The number of benzene rings is 1. The minimum atomic E-state index is 0. The lowest BCUT2D eigenvalue weighted by Gasteiger charge is -2.06. The zero-order chi connectivity index (χ0) is 13.9. The molecule has 0 unspecified atom stereocenters. The van der Waals surface area contributed by atoms with Crippen molar-refractivity contribution in [1.82, 2.24) is 9.55 Å². The number of para-hydroxylation sites is 1. The van der Waals surface area contributed by atoms with Gasteiger partial charge in [0.05, 0.1) is 23.8 Å². The Labute approximate surface area is 133 Å². The van der Waals surface area contributed by atoms with Crippen LogP contribution in [0.2, 0.25) is 0 Å². The van der Waals surface area contributed by atoms with Gasteiger partial charge in [-0.1, -0.05) is 18.2 Å². The van der Waals surface area contributed by atoms with Crippen molar-refractivity contribution in [2.45, 2.75) is 20.0 Å². The highest BCUT2D eigenvalue weighted by atomic mass is 79.9. The lowest BCUT2D eigenvalue weighted by Crippen LogP contribution is -3.00. The molecule has 3 aromatic rings. The Morgan fingerprint density at radius 2 is 1.90 bits per heavy atom. The van der Waals surface area contributed by atoms with E-state index in [0.717, 1.165) is 17.6 Å². The molecule has 2 heterocycles. The molecule has 1 aromatic carbocycles. The first-order chi connectivity index (χ1) is 9.75. The van der Waals surface area contributed by atoms with Gasteiger partial charge in [0.25, 0.3) is 5.56 Å². The van der Waals surface area contributed by atoms with Gasteiger partial charge in [0, 0.05) is 12.1 Å². The van der Waals surface area contributed by atoms with Crippen LogP contribution in [0.25, 0.3) is 10.9 Å². The Morgan fingerprint density at radius 3 is 2.67 bits per heavy atom. The first-order valence-electron chi connectivity index (χ1n) is 6.64. The zero-order valence-corrected chi connectivity index (χ0v) is 13.3. The number of aromatic nitrogens is 3. The third-order valence-electron chi connectivity index (χ3n) is 3.43. The molecular formula is C16H16BrN3O. The first kappa shape index (κ1) is 15.4. The normalized spacial score (nSPS) is 10.3. The highest BCUT2D eigenvalue weighted by Crippen LogP contribution is 2.10. The summed E-state index contributed by atoms with van der Waals surface area (Å²) in [5.41, 5.74) is 1.85. The summed E-state index contributed by atoms with van der Waals surface area (Å²) in [6.07, 6.45) is 5.62. The summed E-state index contributed by atoms with van der Waals surface area (Å²) in [5, 5.41) is 0.686. The standard InChI is InChI=1S/C16H16N3O.BrH/c1-13-6-5-7-14-15(13)17-12-19(16(14)20)11-10-18-8-3-2-4-9-18;/h2-9,12H,10-11H2,1H3;1H/q+1;/p-1. The highest BCUT2D eigenvalue weighted by Gasteiger charge is 2.07. The van der Waals surface area contributed by atoms with Gasteiger partial charge in [-0.05, 0) is 18.6 Å². The van der Waals surface area contributed by atoms with Crippen molar-refractivity contribution in [3.63, 3.8) is 0 Å². The van der Waals surface area contributed by atoms with E-state index in [2.05, 4.69) is 4.98 Å². The molecule has 0 aliphatic carbocycles. The van der Waals surface area contributed by atoms with Crippen LogP contribution in [0.3, 0.4) is 0 Å². The summed E-state index contributed by atoms with van der Waals surface area (Å²) in [4.78, 5) is 16.8. The molecule has 0 aliphatic heterocycles. The summed E-state index contributed by atoms with van der Waals surface area (Å²) < 4.78 is 3.72.